The van der Waals surface area contributed by atoms with E-state index in [0.717, 1.165) is 25.9 Å². The van der Waals surface area contributed by atoms with Gasteiger partial charge >= 0.3 is 6.36 Å². The average molecular weight is 419 g/mol. The van der Waals surface area contributed by atoms with Crippen molar-refractivity contribution in [3.63, 3.8) is 0 Å². The Labute approximate surface area is 169 Å². The summed E-state index contributed by atoms with van der Waals surface area (Å²) in [6.45, 7) is 3.12. The number of piperidine rings is 1. The van der Waals surface area contributed by atoms with Crippen LogP contribution >= 0.6 is 0 Å². The summed E-state index contributed by atoms with van der Waals surface area (Å²) < 4.78 is 43.9. The first-order chi connectivity index (χ1) is 14.3. The van der Waals surface area contributed by atoms with Gasteiger partial charge in [-0.25, -0.2) is 4.98 Å². The molecule has 1 fully saturated rings. The van der Waals surface area contributed by atoms with Crippen LogP contribution < -0.4 is 15.6 Å². The number of rotatable bonds is 4. The first-order valence-electron chi connectivity index (χ1n) is 9.59. The van der Waals surface area contributed by atoms with Crippen molar-refractivity contribution in [3.8, 4) is 5.75 Å². The van der Waals surface area contributed by atoms with Crippen LogP contribution in [0.15, 0.2) is 35.4 Å². The molecule has 0 saturated carbocycles. The summed E-state index contributed by atoms with van der Waals surface area (Å²) in [6, 6.07) is 4.28. The Morgan fingerprint density at radius 2 is 2.03 bits per heavy atom. The van der Waals surface area contributed by atoms with Crippen molar-refractivity contribution in [1.29, 1.82) is 0 Å². The maximum absolute atomic E-state index is 13.4. The number of nitrogens with zero attached hydrogens (tertiary/aromatic N) is 4. The van der Waals surface area contributed by atoms with Gasteiger partial charge < -0.3 is 10.1 Å². The fourth-order valence-corrected chi connectivity index (χ4v) is 3.72. The zero-order chi connectivity index (χ0) is 21.3. The minimum Gasteiger partial charge on any atom is -0.404 e. The number of aromatic nitrogens is 4. The lowest BCUT2D eigenvalue weighted by atomic mass is 9.91. The van der Waals surface area contributed by atoms with Crippen molar-refractivity contribution in [1.82, 2.24) is 24.8 Å². The van der Waals surface area contributed by atoms with Gasteiger partial charge in [0.15, 0.2) is 11.4 Å². The van der Waals surface area contributed by atoms with Crippen molar-refractivity contribution in [2.45, 2.75) is 38.6 Å². The summed E-state index contributed by atoms with van der Waals surface area (Å²) in [5.41, 5.74) is 1.71. The second-order valence-corrected chi connectivity index (χ2v) is 7.23. The van der Waals surface area contributed by atoms with Crippen LogP contribution in [-0.2, 0) is 6.54 Å². The van der Waals surface area contributed by atoms with Crippen molar-refractivity contribution >= 4 is 11.2 Å². The molecule has 30 heavy (non-hydrogen) atoms. The molecular formula is C20H20F3N5O2. The molecule has 3 aromatic rings. The Morgan fingerprint density at radius 3 is 2.77 bits per heavy atom. The molecule has 1 aliphatic heterocycles. The van der Waals surface area contributed by atoms with Gasteiger partial charge in [0.25, 0.3) is 5.56 Å². The highest BCUT2D eigenvalue weighted by Crippen LogP contribution is 2.27. The lowest BCUT2D eigenvalue weighted by Gasteiger charge is -2.23. The molecule has 7 nitrogen and oxygen atoms in total. The number of nitrogens with one attached hydrogen (secondary N) is 1. The molecule has 0 aliphatic carbocycles. The Morgan fingerprint density at radius 1 is 1.27 bits per heavy atom. The minimum absolute atomic E-state index is 0.0102. The van der Waals surface area contributed by atoms with Crippen LogP contribution in [0.25, 0.3) is 11.2 Å². The van der Waals surface area contributed by atoms with E-state index in [4.69, 9.17) is 0 Å². The molecular weight excluding hydrogens is 399 g/mol. The number of alkyl halides is 3. The second kappa shape index (κ2) is 8.02. The Bertz CT molecular complexity index is 1120. The number of aryl methyl sites for hydroxylation is 1. The monoisotopic (exact) mass is 419 g/mol. The van der Waals surface area contributed by atoms with E-state index in [2.05, 4.69) is 25.0 Å². The smallest absolute Gasteiger partial charge is 0.404 e. The predicted octanol–water partition coefficient (Wildman–Crippen LogP) is 2.91. The van der Waals surface area contributed by atoms with Gasteiger partial charge in [-0.05, 0) is 57.0 Å². The van der Waals surface area contributed by atoms with E-state index in [1.54, 1.807) is 19.2 Å². The molecule has 1 saturated heterocycles. The van der Waals surface area contributed by atoms with Crippen molar-refractivity contribution in [3.05, 3.63) is 57.9 Å². The molecule has 0 atom stereocenters. The average Bonchev–Trinajstić information content (AvgIpc) is 2.71. The quantitative estimate of drug-likeness (QED) is 0.700. The van der Waals surface area contributed by atoms with E-state index in [9.17, 15) is 18.0 Å². The molecule has 10 heteroatoms. The molecule has 0 spiro atoms. The summed E-state index contributed by atoms with van der Waals surface area (Å²) in [6.07, 6.45) is -0.308. The van der Waals surface area contributed by atoms with E-state index >= 15 is 0 Å². The number of fused-ring (bicyclic) bond motifs is 1. The van der Waals surface area contributed by atoms with Gasteiger partial charge in [0.2, 0.25) is 0 Å². The Hall–Kier alpha value is -3.01. The molecule has 4 heterocycles. The Kier molecular flexibility index (Phi) is 5.42. The van der Waals surface area contributed by atoms with Gasteiger partial charge in [-0.3, -0.25) is 19.3 Å². The summed E-state index contributed by atoms with van der Waals surface area (Å²) >= 11 is 0. The highest BCUT2D eigenvalue weighted by atomic mass is 19.4. The van der Waals surface area contributed by atoms with Gasteiger partial charge in [-0.2, -0.15) is 0 Å². The minimum atomic E-state index is -4.86. The summed E-state index contributed by atoms with van der Waals surface area (Å²) in [7, 11) is 0. The number of halogens is 3. The van der Waals surface area contributed by atoms with Crippen LogP contribution in [0.1, 0.15) is 35.7 Å². The molecule has 0 unspecified atom stereocenters. The number of hydrogen-bond donors (Lipinski definition) is 1. The third kappa shape index (κ3) is 4.28. The van der Waals surface area contributed by atoms with Gasteiger partial charge in [0, 0.05) is 18.0 Å². The van der Waals surface area contributed by atoms with E-state index in [0.29, 0.717) is 22.4 Å². The van der Waals surface area contributed by atoms with Gasteiger partial charge in [0.1, 0.15) is 11.2 Å². The standard InChI is InChI=1S/C20H20F3N5O2/c1-12-10-26-15-9-14(13-4-7-24-8-5-13)19(29)28(18(15)27-12)11-16-17(3-2-6-25-16)30-20(21,22)23/h2-3,6,9-10,13,24H,4-5,7-8,11H2,1H3. The van der Waals surface area contributed by atoms with Crippen LogP contribution in [0.2, 0.25) is 0 Å². The van der Waals surface area contributed by atoms with Crippen molar-refractivity contribution < 1.29 is 17.9 Å². The zero-order valence-corrected chi connectivity index (χ0v) is 16.2. The fraction of sp³-hybridized carbons (Fsp3) is 0.400. The number of pyridine rings is 2. The largest absolute Gasteiger partial charge is 0.573 e. The van der Waals surface area contributed by atoms with Crippen LogP contribution in [0.3, 0.4) is 0 Å². The van der Waals surface area contributed by atoms with Gasteiger partial charge in [-0.15, -0.1) is 13.2 Å². The SMILES string of the molecule is Cc1cnc2cc(C3CCNCC3)c(=O)n(Cc3ncccc3OC(F)(F)F)c2n1. The topological polar surface area (TPSA) is 81.9 Å². The zero-order valence-electron chi connectivity index (χ0n) is 16.2. The highest BCUT2D eigenvalue weighted by Gasteiger charge is 2.32. The second-order valence-electron chi connectivity index (χ2n) is 7.23. The van der Waals surface area contributed by atoms with Crippen LogP contribution in [0.5, 0.6) is 5.75 Å². The van der Waals surface area contributed by atoms with Crippen LogP contribution in [0, 0.1) is 6.92 Å². The molecule has 0 radical (unpaired) electrons. The molecule has 0 aromatic carbocycles. The molecule has 4 rings (SSSR count). The molecule has 0 bridgehead atoms. The highest BCUT2D eigenvalue weighted by molar-refractivity contribution is 5.71. The number of hydrogen-bond acceptors (Lipinski definition) is 6. The Balaban J connectivity index is 1.85. The summed E-state index contributed by atoms with van der Waals surface area (Å²) in [4.78, 5) is 26.2. The lowest BCUT2D eigenvalue weighted by molar-refractivity contribution is -0.275. The normalized spacial score (nSPS) is 15.5. The molecule has 1 N–H and O–H groups in total. The maximum atomic E-state index is 13.4. The molecule has 1 aliphatic rings. The lowest BCUT2D eigenvalue weighted by Crippen LogP contribution is -2.33. The van der Waals surface area contributed by atoms with Crippen molar-refractivity contribution in [2.24, 2.45) is 0 Å². The van der Waals surface area contributed by atoms with Gasteiger partial charge in [-0.1, -0.05) is 0 Å². The number of ether oxygens (including phenoxy) is 1. The van der Waals surface area contributed by atoms with Crippen LogP contribution in [0.4, 0.5) is 13.2 Å². The van der Waals surface area contributed by atoms with E-state index < -0.39 is 12.1 Å². The third-order valence-electron chi connectivity index (χ3n) is 5.10. The first kappa shape index (κ1) is 20.3. The fourth-order valence-electron chi connectivity index (χ4n) is 3.72. The molecule has 3 aromatic heterocycles. The summed E-state index contributed by atoms with van der Waals surface area (Å²) in [5, 5.41) is 3.26. The third-order valence-corrected chi connectivity index (χ3v) is 5.10. The van der Waals surface area contributed by atoms with E-state index in [-0.39, 0.29) is 23.7 Å². The molecule has 0 amide bonds. The maximum Gasteiger partial charge on any atom is 0.573 e. The van der Waals surface area contributed by atoms with E-state index in [1.807, 2.05) is 0 Å². The van der Waals surface area contributed by atoms with Crippen LogP contribution in [-0.4, -0.2) is 39.0 Å². The van der Waals surface area contributed by atoms with Crippen molar-refractivity contribution in [2.75, 3.05) is 13.1 Å². The molecule has 158 valence electrons. The predicted molar refractivity (Wildman–Crippen MR) is 103 cm³/mol. The first-order valence-corrected chi connectivity index (χ1v) is 9.59. The van der Waals surface area contributed by atoms with E-state index in [1.165, 1.54) is 22.9 Å². The summed E-state index contributed by atoms with van der Waals surface area (Å²) in [5.74, 6) is -0.398. The van der Waals surface area contributed by atoms with Gasteiger partial charge in [0.05, 0.1) is 12.2 Å².